The van der Waals surface area contributed by atoms with Crippen molar-refractivity contribution >= 4 is 17.6 Å². The smallest absolute Gasteiger partial charge is 0.310 e. The molecule has 1 aromatic rings. The Bertz CT molecular complexity index is 520. The molecule has 0 heterocycles. The molecule has 0 aliphatic rings. The molecule has 6 nitrogen and oxygen atoms in total. The van der Waals surface area contributed by atoms with E-state index in [9.17, 15) is 14.7 Å². The van der Waals surface area contributed by atoms with Gasteiger partial charge in [-0.15, -0.1) is 0 Å². The van der Waals surface area contributed by atoms with Crippen molar-refractivity contribution in [1.82, 2.24) is 0 Å². The summed E-state index contributed by atoms with van der Waals surface area (Å²) >= 11 is 0. The average Bonchev–Trinajstić information content (AvgIpc) is 2.34. The van der Waals surface area contributed by atoms with Crippen LogP contribution in [-0.2, 0) is 20.7 Å². The molecule has 0 fully saturated rings. The predicted octanol–water partition coefficient (Wildman–Crippen LogP) is 1.35. The number of nitriles is 1. The fraction of sp³-hybridized carbons (Fsp3) is 0.308. The number of benzene rings is 1. The van der Waals surface area contributed by atoms with Crippen molar-refractivity contribution in [2.75, 3.05) is 11.9 Å². The van der Waals surface area contributed by atoms with Gasteiger partial charge < -0.3 is 15.2 Å². The van der Waals surface area contributed by atoms with Gasteiger partial charge in [-0.25, -0.2) is 0 Å². The standard InChI is InChI=1S/C13H14N2O4/c1-2-19-13(18)8-9-3-4-11(16)10(7-9)15-12(17)5-6-14/h3-4,7,16H,2,5,8H2,1H3,(H,15,17). The monoisotopic (exact) mass is 262 g/mol. The molecule has 0 aromatic heterocycles. The lowest BCUT2D eigenvalue weighted by Gasteiger charge is -2.08. The second kappa shape index (κ2) is 7.01. The molecule has 0 radical (unpaired) electrons. The van der Waals surface area contributed by atoms with Crippen LogP contribution in [0.4, 0.5) is 5.69 Å². The molecule has 0 saturated carbocycles. The second-order valence-corrected chi connectivity index (χ2v) is 3.72. The number of rotatable bonds is 5. The molecule has 1 amide bonds. The van der Waals surface area contributed by atoms with Gasteiger partial charge >= 0.3 is 5.97 Å². The van der Waals surface area contributed by atoms with E-state index in [4.69, 9.17) is 10.00 Å². The highest BCUT2D eigenvalue weighted by molar-refractivity contribution is 5.93. The van der Waals surface area contributed by atoms with E-state index >= 15 is 0 Å². The molecule has 0 atom stereocenters. The van der Waals surface area contributed by atoms with Gasteiger partial charge in [0.05, 0.1) is 24.8 Å². The fourth-order valence-corrected chi connectivity index (χ4v) is 1.44. The van der Waals surface area contributed by atoms with Gasteiger partial charge in [-0.05, 0) is 24.6 Å². The Hall–Kier alpha value is -2.55. The summed E-state index contributed by atoms with van der Waals surface area (Å²) in [6.07, 6.45) is -0.253. The van der Waals surface area contributed by atoms with E-state index in [2.05, 4.69) is 5.32 Å². The van der Waals surface area contributed by atoms with Crippen LogP contribution in [0, 0.1) is 11.3 Å². The van der Waals surface area contributed by atoms with E-state index in [0.717, 1.165) is 0 Å². The SMILES string of the molecule is CCOC(=O)Cc1ccc(O)c(NC(=O)CC#N)c1. The third-order valence-corrected chi connectivity index (χ3v) is 2.23. The lowest BCUT2D eigenvalue weighted by Crippen LogP contribution is -2.11. The van der Waals surface area contributed by atoms with Crippen LogP contribution in [0.1, 0.15) is 18.9 Å². The first-order valence-electron chi connectivity index (χ1n) is 5.71. The largest absolute Gasteiger partial charge is 0.506 e. The Morgan fingerprint density at radius 3 is 2.84 bits per heavy atom. The van der Waals surface area contributed by atoms with Gasteiger partial charge in [0, 0.05) is 0 Å². The van der Waals surface area contributed by atoms with Gasteiger partial charge in [-0.2, -0.15) is 5.26 Å². The zero-order valence-corrected chi connectivity index (χ0v) is 10.5. The molecule has 0 spiro atoms. The highest BCUT2D eigenvalue weighted by Gasteiger charge is 2.09. The van der Waals surface area contributed by atoms with Crippen molar-refractivity contribution in [2.45, 2.75) is 19.8 Å². The number of esters is 1. The van der Waals surface area contributed by atoms with Crippen LogP contribution in [0.2, 0.25) is 0 Å². The fourth-order valence-electron chi connectivity index (χ4n) is 1.44. The number of nitrogens with one attached hydrogen (secondary N) is 1. The van der Waals surface area contributed by atoms with Crippen molar-refractivity contribution in [2.24, 2.45) is 0 Å². The third kappa shape index (κ3) is 4.68. The number of amides is 1. The predicted molar refractivity (Wildman–Crippen MR) is 67.3 cm³/mol. The van der Waals surface area contributed by atoms with E-state index in [1.165, 1.54) is 12.1 Å². The summed E-state index contributed by atoms with van der Waals surface area (Å²) in [4.78, 5) is 22.6. The van der Waals surface area contributed by atoms with Crippen molar-refractivity contribution in [3.63, 3.8) is 0 Å². The molecule has 0 bridgehead atoms. The summed E-state index contributed by atoms with van der Waals surface area (Å²) in [5.41, 5.74) is 0.769. The quantitative estimate of drug-likeness (QED) is 0.616. The summed E-state index contributed by atoms with van der Waals surface area (Å²) in [6.45, 7) is 2.00. The molecule has 19 heavy (non-hydrogen) atoms. The lowest BCUT2D eigenvalue weighted by atomic mass is 10.1. The molecular formula is C13H14N2O4. The Labute approximate surface area is 110 Å². The number of phenols is 1. The minimum Gasteiger partial charge on any atom is -0.506 e. The number of anilines is 1. The zero-order valence-electron chi connectivity index (χ0n) is 10.5. The van der Waals surface area contributed by atoms with Gasteiger partial charge in [-0.1, -0.05) is 6.07 Å². The van der Waals surface area contributed by atoms with Crippen LogP contribution < -0.4 is 5.32 Å². The molecule has 0 saturated heterocycles. The number of nitrogens with zero attached hydrogens (tertiary/aromatic N) is 1. The summed E-state index contributed by atoms with van der Waals surface area (Å²) in [5, 5.41) is 20.4. The van der Waals surface area contributed by atoms with Gasteiger partial charge in [-0.3, -0.25) is 9.59 Å². The first-order valence-corrected chi connectivity index (χ1v) is 5.71. The molecular weight excluding hydrogens is 248 g/mol. The summed E-state index contributed by atoms with van der Waals surface area (Å²) in [6, 6.07) is 6.11. The number of hydrogen-bond donors (Lipinski definition) is 2. The van der Waals surface area contributed by atoms with Gasteiger partial charge in [0.25, 0.3) is 0 Å². The molecule has 2 N–H and O–H groups in total. The highest BCUT2D eigenvalue weighted by Crippen LogP contribution is 2.24. The summed E-state index contributed by atoms with van der Waals surface area (Å²) in [7, 11) is 0. The summed E-state index contributed by atoms with van der Waals surface area (Å²) < 4.78 is 4.80. The van der Waals surface area contributed by atoms with Crippen LogP contribution in [0.5, 0.6) is 5.75 Å². The van der Waals surface area contributed by atoms with E-state index < -0.39 is 5.91 Å². The maximum Gasteiger partial charge on any atom is 0.310 e. The van der Waals surface area contributed by atoms with E-state index in [0.29, 0.717) is 12.2 Å². The van der Waals surface area contributed by atoms with Crippen LogP contribution in [0.3, 0.4) is 0 Å². The van der Waals surface area contributed by atoms with Crippen molar-refractivity contribution < 1.29 is 19.4 Å². The molecule has 100 valence electrons. The first kappa shape index (κ1) is 14.5. The first-order chi connectivity index (χ1) is 9.06. The topological polar surface area (TPSA) is 99.4 Å². The van der Waals surface area contributed by atoms with Crippen LogP contribution in [0.25, 0.3) is 0 Å². The van der Waals surface area contributed by atoms with E-state index in [-0.39, 0.29) is 30.2 Å². The maximum atomic E-state index is 11.3. The molecule has 6 heteroatoms. The van der Waals surface area contributed by atoms with E-state index in [1.54, 1.807) is 19.1 Å². The Morgan fingerprint density at radius 2 is 2.21 bits per heavy atom. The van der Waals surface area contributed by atoms with Crippen molar-refractivity contribution in [3.8, 4) is 11.8 Å². The highest BCUT2D eigenvalue weighted by atomic mass is 16.5. The zero-order chi connectivity index (χ0) is 14.3. The number of aromatic hydroxyl groups is 1. The van der Waals surface area contributed by atoms with Crippen LogP contribution in [-0.4, -0.2) is 23.6 Å². The molecule has 0 aliphatic heterocycles. The Kier molecular flexibility index (Phi) is 5.35. The lowest BCUT2D eigenvalue weighted by molar-refractivity contribution is -0.142. The third-order valence-electron chi connectivity index (χ3n) is 2.23. The minimum absolute atomic E-state index is 0.0508. The Morgan fingerprint density at radius 1 is 1.47 bits per heavy atom. The Balaban J connectivity index is 2.79. The number of carbonyl (C=O) groups excluding carboxylic acids is 2. The number of hydrogen-bond acceptors (Lipinski definition) is 5. The van der Waals surface area contributed by atoms with Gasteiger partial charge in [0.2, 0.25) is 5.91 Å². The van der Waals surface area contributed by atoms with Crippen LogP contribution in [0.15, 0.2) is 18.2 Å². The van der Waals surface area contributed by atoms with Crippen LogP contribution >= 0.6 is 0 Å². The molecule has 0 aliphatic carbocycles. The van der Waals surface area contributed by atoms with Gasteiger partial charge in [0.15, 0.2) is 0 Å². The number of ether oxygens (including phenoxy) is 1. The van der Waals surface area contributed by atoms with Gasteiger partial charge in [0.1, 0.15) is 12.2 Å². The van der Waals surface area contributed by atoms with Crippen molar-refractivity contribution in [3.05, 3.63) is 23.8 Å². The molecule has 0 unspecified atom stereocenters. The summed E-state index contributed by atoms with van der Waals surface area (Å²) in [5.74, 6) is -1.03. The van der Waals surface area contributed by atoms with Crippen molar-refractivity contribution in [1.29, 1.82) is 5.26 Å². The normalized spacial score (nSPS) is 9.47. The number of carbonyl (C=O) groups is 2. The van der Waals surface area contributed by atoms with E-state index in [1.807, 2.05) is 0 Å². The second-order valence-electron chi connectivity index (χ2n) is 3.72. The molecule has 1 rings (SSSR count). The average molecular weight is 262 g/mol. The minimum atomic E-state index is -0.522. The number of phenolic OH excluding ortho intramolecular Hbond substituents is 1. The maximum absolute atomic E-state index is 11.3. The molecule has 1 aromatic carbocycles.